The van der Waals surface area contributed by atoms with Crippen molar-refractivity contribution in [2.75, 3.05) is 11.1 Å². The van der Waals surface area contributed by atoms with Crippen molar-refractivity contribution in [3.8, 4) is 0 Å². The summed E-state index contributed by atoms with van der Waals surface area (Å²) in [5.41, 5.74) is 1.78. The third-order valence-corrected chi connectivity index (χ3v) is 4.72. The van der Waals surface area contributed by atoms with E-state index in [1.807, 2.05) is 38.1 Å². The third-order valence-electron chi connectivity index (χ3n) is 3.26. The van der Waals surface area contributed by atoms with Crippen LogP contribution in [0.5, 0.6) is 0 Å². The Labute approximate surface area is 122 Å². The lowest BCUT2D eigenvalue weighted by atomic mass is 10.2. The Morgan fingerprint density at radius 3 is 2.60 bits per heavy atom. The molecule has 0 radical (unpaired) electrons. The van der Waals surface area contributed by atoms with E-state index in [-0.39, 0.29) is 11.4 Å². The Morgan fingerprint density at radius 2 is 2.05 bits per heavy atom. The molecule has 0 aliphatic carbocycles. The maximum Gasteiger partial charge on any atom is 0.327 e. The second-order valence-electron chi connectivity index (χ2n) is 4.75. The Hall–Kier alpha value is -1.69. The van der Waals surface area contributed by atoms with Crippen molar-refractivity contribution in [2.45, 2.75) is 31.7 Å². The summed E-state index contributed by atoms with van der Waals surface area (Å²) < 4.78 is 0. The topological polar surface area (TPSA) is 69.6 Å². The van der Waals surface area contributed by atoms with Crippen molar-refractivity contribution in [2.24, 2.45) is 0 Å². The molecular formula is C14H18N2O3S. The largest absolute Gasteiger partial charge is 0.480 e. The highest BCUT2D eigenvalue weighted by Gasteiger charge is 2.40. The molecule has 1 aromatic rings. The van der Waals surface area contributed by atoms with Gasteiger partial charge in [-0.15, -0.1) is 11.8 Å². The molecule has 2 amide bonds. The highest BCUT2D eigenvalue weighted by atomic mass is 32.2. The average molecular weight is 294 g/mol. The van der Waals surface area contributed by atoms with E-state index >= 15 is 0 Å². The van der Waals surface area contributed by atoms with E-state index in [4.69, 9.17) is 0 Å². The van der Waals surface area contributed by atoms with Gasteiger partial charge in [-0.3, -0.25) is 4.90 Å². The maximum absolute atomic E-state index is 12.3. The van der Waals surface area contributed by atoms with Crippen LogP contribution in [-0.2, 0) is 4.79 Å². The number of carbonyl (C=O) groups is 2. The monoisotopic (exact) mass is 294 g/mol. The van der Waals surface area contributed by atoms with Crippen molar-refractivity contribution < 1.29 is 14.7 Å². The lowest BCUT2D eigenvalue weighted by Crippen LogP contribution is -2.47. The number of amides is 2. The van der Waals surface area contributed by atoms with Crippen LogP contribution in [0.15, 0.2) is 24.3 Å². The van der Waals surface area contributed by atoms with Crippen molar-refractivity contribution >= 4 is 29.4 Å². The number of nitrogens with zero attached hydrogens (tertiary/aromatic N) is 1. The zero-order valence-corrected chi connectivity index (χ0v) is 12.3. The van der Waals surface area contributed by atoms with E-state index in [2.05, 4.69) is 5.32 Å². The quantitative estimate of drug-likeness (QED) is 0.899. The first-order chi connectivity index (χ1) is 9.52. The molecular weight excluding hydrogens is 276 g/mol. The molecule has 108 valence electrons. The molecule has 0 aromatic heterocycles. The Balaban J connectivity index is 2.12. The first kappa shape index (κ1) is 14.7. The van der Waals surface area contributed by atoms with Gasteiger partial charge in [-0.2, -0.15) is 0 Å². The van der Waals surface area contributed by atoms with Crippen molar-refractivity contribution in [1.29, 1.82) is 0 Å². The summed E-state index contributed by atoms with van der Waals surface area (Å²) in [7, 11) is 0. The molecule has 6 heteroatoms. The number of nitrogens with one attached hydrogen (secondary N) is 1. The minimum atomic E-state index is -0.951. The SMILES string of the molecule is CCC1SCC(C(=O)O)N1C(=O)Nc1ccc(C)cc1. The van der Waals surface area contributed by atoms with E-state index in [0.717, 1.165) is 12.0 Å². The molecule has 1 aliphatic rings. The second kappa shape index (κ2) is 6.17. The summed E-state index contributed by atoms with van der Waals surface area (Å²) in [5.74, 6) is -0.512. The predicted molar refractivity (Wildman–Crippen MR) is 80.0 cm³/mol. The maximum atomic E-state index is 12.3. The fourth-order valence-corrected chi connectivity index (χ4v) is 3.51. The number of hydrogen-bond acceptors (Lipinski definition) is 3. The number of carbonyl (C=O) groups excluding carboxylic acids is 1. The number of rotatable bonds is 3. The number of hydrogen-bond donors (Lipinski definition) is 2. The van der Waals surface area contributed by atoms with Crippen LogP contribution in [0, 0.1) is 6.92 Å². The molecule has 1 heterocycles. The van der Waals surface area contributed by atoms with E-state index in [1.165, 1.54) is 16.7 Å². The first-order valence-electron chi connectivity index (χ1n) is 6.53. The van der Waals surface area contributed by atoms with Gasteiger partial charge in [0.25, 0.3) is 0 Å². The number of carboxylic acids is 1. The molecule has 1 saturated heterocycles. The van der Waals surface area contributed by atoms with Gasteiger partial charge < -0.3 is 10.4 Å². The van der Waals surface area contributed by atoms with Crippen molar-refractivity contribution in [1.82, 2.24) is 4.90 Å². The van der Waals surface area contributed by atoms with E-state index in [0.29, 0.717) is 11.4 Å². The van der Waals surface area contributed by atoms with Crippen LogP contribution in [0.25, 0.3) is 0 Å². The summed E-state index contributed by atoms with van der Waals surface area (Å²) in [4.78, 5) is 25.0. The number of aliphatic carboxylic acids is 1. The van der Waals surface area contributed by atoms with Gasteiger partial charge in [-0.25, -0.2) is 9.59 Å². The van der Waals surface area contributed by atoms with E-state index in [1.54, 1.807) is 0 Å². The smallest absolute Gasteiger partial charge is 0.327 e. The summed E-state index contributed by atoms with van der Waals surface area (Å²) in [6, 6.07) is 6.33. The molecule has 1 fully saturated rings. The van der Waals surface area contributed by atoms with Gasteiger partial charge in [0.2, 0.25) is 0 Å². The number of thioether (sulfide) groups is 1. The minimum Gasteiger partial charge on any atom is -0.480 e. The Kier molecular flexibility index (Phi) is 4.54. The summed E-state index contributed by atoms with van der Waals surface area (Å²) in [5, 5.41) is 11.9. The summed E-state index contributed by atoms with van der Waals surface area (Å²) in [6.45, 7) is 3.92. The van der Waals surface area contributed by atoms with Crippen LogP contribution in [-0.4, -0.2) is 39.2 Å². The highest BCUT2D eigenvalue weighted by molar-refractivity contribution is 8.00. The van der Waals surface area contributed by atoms with E-state index < -0.39 is 12.0 Å². The third kappa shape index (κ3) is 3.07. The lowest BCUT2D eigenvalue weighted by molar-refractivity contribution is -0.141. The Bertz CT molecular complexity index is 504. The summed E-state index contributed by atoms with van der Waals surface area (Å²) >= 11 is 1.51. The molecule has 1 aliphatic heterocycles. The standard InChI is InChI=1S/C14H18N2O3S/c1-3-12-16(11(8-20-12)13(17)18)14(19)15-10-6-4-9(2)5-7-10/h4-7,11-12H,3,8H2,1-2H3,(H,15,19)(H,17,18). The lowest BCUT2D eigenvalue weighted by Gasteiger charge is -2.26. The second-order valence-corrected chi connectivity index (χ2v) is 5.96. The number of carboxylic acid groups (broad SMARTS) is 1. The van der Waals surface area contributed by atoms with E-state index in [9.17, 15) is 14.7 Å². The molecule has 2 N–H and O–H groups in total. The molecule has 5 nitrogen and oxygen atoms in total. The van der Waals surface area contributed by atoms with Crippen LogP contribution >= 0.6 is 11.8 Å². The van der Waals surface area contributed by atoms with Crippen LogP contribution in [0.3, 0.4) is 0 Å². The zero-order valence-electron chi connectivity index (χ0n) is 11.5. The zero-order chi connectivity index (χ0) is 14.7. The van der Waals surface area contributed by atoms with Crippen LogP contribution < -0.4 is 5.32 Å². The fraction of sp³-hybridized carbons (Fsp3) is 0.429. The number of aryl methyl sites for hydroxylation is 1. The molecule has 0 saturated carbocycles. The highest BCUT2D eigenvalue weighted by Crippen LogP contribution is 2.31. The molecule has 0 bridgehead atoms. The molecule has 20 heavy (non-hydrogen) atoms. The fourth-order valence-electron chi connectivity index (χ4n) is 2.17. The van der Waals surface area contributed by atoms with Gasteiger partial charge in [0.15, 0.2) is 0 Å². The van der Waals surface area contributed by atoms with Gasteiger partial charge >= 0.3 is 12.0 Å². The molecule has 1 aromatic carbocycles. The van der Waals surface area contributed by atoms with Gasteiger partial charge in [0, 0.05) is 11.4 Å². The van der Waals surface area contributed by atoms with Gasteiger partial charge in [-0.05, 0) is 25.5 Å². The number of benzene rings is 1. The van der Waals surface area contributed by atoms with Crippen LogP contribution in [0.1, 0.15) is 18.9 Å². The molecule has 0 spiro atoms. The Morgan fingerprint density at radius 1 is 1.40 bits per heavy atom. The van der Waals surface area contributed by atoms with Gasteiger partial charge in [0.1, 0.15) is 6.04 Å². The number of urea groups is 1. The van der Waals surface area contributed by atoms with Crippen molar-refractivity contribution in [3.05, 3.63) is 29.8 Å². The first-order valence-corrected chi connectivity index (χ1v) is 7.58. The predicted octanol–water partition coefficient (Wildman–Crippen LogP) is 2.77. The van der Waals surface area contributed by atoms with Crippen molar-refractivity contribution in [3.63, 3.8) is 0 Å². The normalized spacial score (nSPS) is 21.8. The van der Waals surface area contributed by atoms with Gasteiger partial charge in [0.05, 0.1) is 5.37 Å². The minimum absolute atomic E-state index is 0.0819. The average Bonchev–Trinajstić information content (AvgIpc) is 2.85. The molecule has 2 atom stereocenters. The van der Waals surface area contributed by atoms with Crippen LogP contribution in [0.2, 0.25) is 0 Å². The van der Waals surface area contributed by atoms with Gasteiger partial charge in [-0.1, -0.05) is 24.6 Å². The summed E-state index contributed by atoms with van der Waals surface area (Å²) in [6.07, 6.45) is 0.732. The number of anilines is 1. The van der Waals surface area contributed by atoms with Crippen LogP contribution in [0.4, 0.5) is 10.5 Å². The molecule has 2 rings (SSSR count). The molecule has 2 unspecified atom stereocenters.